The van der Waals surface area contributed by atoms with Crippen LogP contribution in [0.1, 0.15) is 18.9 Å². The molecule has 3 rings (SSSR count). The first kappa shape index (κ1) is 16.8. The smallest absolute Gasteiger partial charge is 0.259 e. The van der Waals surface area contributed by atoms with Crippen molar-refractivity contribution in [3.63, 3.8) is 0 Å². The van der Waals surface area contributed by atoms with Gasteiger partial charge in [-0.2, -0.15) is 5.10 Å². The molecule has 1 heterocycles. The van der Waals surface area contributed by atoms with Crippen LogP contribution in [0.3, 0.4) is 0 Å². The second-order valence-corrected chi connectivity index (χ2v) is 5.66. The molecule has 6 heteroatoms. The van der Waals surface area contributed by atoms with Gasteiger partial charge in [-0.15, -0.1) is 0 Å². The molecule has 0 saturated heterocycles. The first-order chi connectivity index (χ1) is 12.2. The lowest BCUT2D eigenvalue weighted by Crippen LogP contribution is -2.26. The van der Waals surface area contributed by atoms with Gasteiger partial charge in [-0.3, -0.25) is 4.79 Å². The van der Waals surface area contributed by atoms with Gasteiger partial charge in [-0.25, -0.2) is 5.43 Å². The van der Waals surface area contributed by atoms with E-state index in [0.29, 0.717) is 24.7 Å². The van der Waals surface area contributed by atoms with Crippen molar-refractivity contribution >= 4 is 17.3 Å². The summed E-state index contributed by atoms with van der Waals surface area (Å²) in [5, 5.41) is 7.20. The third-order valence-electron chi connectivity index (χ3n) is 3.74. The number of carbonyl (C=O) groups excluding carboxylic acids is 1. The molecule has 6 nitrogen and oxygen atoms in total. The van der Waals surface area contributed by atoms with Crippen molar-refractivity contribution in [3.05, 3.63) is 54.1 Å². The highest BCUT2D eigenvalue weighted by Crippen LogP contribution is 2.30. The third kappa shape index (κ3) is 4.73. The zero-order valence-corrected chi connectivity index (χ0v) is 14.1. The lowest BCUT2D eigenvalue weighted by molar-refractivity contribution is -0.119. The highest BCUT2D eigenvalue weighted by molar-refractivity contribution is 5.99. The van der Waals surface area contributed by atoms with Gasteiger partial charge in [0.2, 0.25) is 0 Å². The summed E-state index contributed by atoms with van der Waals surface area (Å²) in [4.78, 5) is 11.9. The minimum absolute atomic E-state index is 0.155. The van der Waals surface area contributed by atoms with Crippen LogP contribution in [-0.4, -0.2) is 31.4 Å². The highest BCUT2D eigenvalue weighted by Gasteiger charge is 2.11. The Balaban J connectivity index is 1.57. The minimum Gasteiger partial charge on any atom is -0.490 e. The minimum atomic E-state index is -0.211. The van der Waals surface area contributed by atoms with Crippen LogP contribution >= 0.6 is 0 Å². The standard InChI is InChI=1S/C19H21N3O3/c1-14(15-8-9-17-18(12-15)25-11-5-10-24-17)21-22-19(23)13-20-16-6-3-2-4-7-16/h2-4,6-9,12,20H,5,10-11,13H2,1H3,(H,22,23)/b21-14-. The maximum atomic E-state index is 11.9. The van der Waals surface area contributed by atoms with Gasteiger partial charge < -0.3 is 14.8 Å². The molecule has 1 aliphatic heterocycles. The molecule has 25 heavy (non-hydrogen) atoms. The number of hydrazone groups is 1. The molecule has 0 spiro atoms. The number of nitrogens with zero attached hydrogens (tertiary/aromatic N) is 1. The molecule has 0 saturated carbocycles. The van der Waals surface area contributed by atoms with Crippen molar-refractivity contribution in [1.29, 1.82) is 0 Å². The number of ether oxygens (including phenoxy) is 2. The quantitative estimate of drug-likeness (QED) is 0.649. The summed E-state index contributed by atoms with van der Waals surface area (Å²) in [6.07, 6.45) is 0.863. The van der Waals surface area contributed by atoms with Crippen molar-refractivity contribution in [1.82, 2.24) is 5.43 Å². The number of fused-ring (bicyclic) bond motifs is 1. The molecule has 0 atom stereocenters. The van der Waals surface area contributed by atoms with Crippen molar-refractivity contribution in [2.45, 2.75) is 13.3 Å². The molecule has 0 aromatic heterocycles. The van der Waals surface area contributed by atoms with Crippen LogP contribution < -0.4 is 20.2 Å². The Hall–Kier alpha value is -3.02. The van der Waals surface area contributed by atoms with Crippen molar-refractivity contribution in [2.24, 2.45) is 5.10 Å². The van der Waals surface area contributed by atoms with Gasteiger partial charge in [0.1, 0.15) is 0 Å². The molecule has 0 bridgehead atoms. The Morgan fingerprint density at radius 2 is 1.84 bits per heavy atom. The normalized spacial score (nSPS) is 13.7. The van der Waals surface area contributed by atoms with E-state index in [9.17, 15) is 4.79 Å². The van der Waals surface area contributed by atoms with E-state index in [1.165, 1.54) is 0 Å². The van der Waals surface area contributed by atoms with Crippen molar-refractivity contribution in [3.8, 4) is 11.5 Å². The van der Waals surface area contributed by atoms with Gasteiger partial charge in [0.15, 0.2) is 11.5 Å². The van der Waals surface area contributed by atoms with Crippen molar-refractivity contribution < 1.29 is 14.3 Å². The molecular weight excluding hydrogens is 318 g/mol. The Bertz CT molecular complexity index is 760. The summed E-state index contributed by atoms with van der Waals surface area (Å²) < 4.78 is 11.3. The van der Waals surface area contributed by atoms with Crippen LogP contribution in [0.2, 0.25) is 0 Å². The summed E-state index contributed by atoms with van der Waals surface area (Å²) in [7, 11) is 0. The molecule has 0 fully saturated rings. The van der Waals surface area contributed by atoms with Gasteiger partial charge in [-0.1, -0.05) is 18.2 Å². The molecule has 2 aromatic carbocycles. The summed E-state index contributed by atoms with van der Waals surface area (Å²) in [5.41, 5.74) is 5.02. The lowest BCUT2D eigenvalue weighted by Gasteiger charge is -2.09. The maximum absolute atomic E-state index is 11.9. The van der Waals surface area contributed by atoms with E-state index in [1.807, 2.05) is 55.5 Å². The second-order valence-electron chi connectivity index (χ2n) is 5.66. The molecule has 1 amide bonds. The number of carbonyl (C=O) groups is 1. The van der Waals surface area contributed by atoms with Crippen LogP contribution in [0.4, 0.5) is 5.69 Å². The summed E-state index contributed by atoms with van der Waals surface area (Å²) in [6.45, 7) is 3.28. The number of benzene rings is 2. The number of anilines is 1. The summed E-state index contributed by atoms with van der Waals surface area (Å²) in [5.74, 6) is 1.24. The third-order valence-corrected chi connectivity index (χ3v) is 3.74. The summed E-state index contributed by atoms with van der Waals surface area (Å²) >= 11 is 0. The Labute approximate surface area is 146 Å². The zero-order valence-electron chi connectivity index (χ0n) is 14.1. The van der Waals surface area contributed by atoms with Crippen LogP contribution in [0.25, 0.3) is 0 Å². The average Bonchev–Trinajstić information content (AvgIpc) is 2.90. The maximum Gasteiger partial charge on any atom is 0.259 e. The van der Waals surface area contributed by atoms with Gasteiger partial charge in [0.05, 0.1) is 25.5 Å². The van der Waals surface area contributed by atoms with E-state index in [2.05, 4.69) is 15.8 Å². The molecule has 1 aliphatic rings. The first-order valence-electron chi connectivity index (χ1n) is 8.24. The molecule has 130 valence electrons. The highest BCUT2D eigenvalue weighted by atomic mass is 16.5. The fraction of sp³-hybridized carbons (Fsp3) is 0.263. The van der Waals surface area contributed by atoms with Gasteiger partial charge >= 0.3 is 0 Å². The number of hydrogen-bond acceptors (Lipinski definition) is 5. The van der Waals surface area contributed by atoms with Gasteiger partial charge in [0, 0.05) is 17.7 Å². The van der Waals surface area contributed by atoms with E-state index in [0.717, 1.165) is 23.4 Å². The van der Waals surface area contributed by atoms with Crippen LogP contribution in [0, 0.1) is 0 Å². The fourth-order valence-corrected chi connectivity index (χ4v) is 2.38. The van der Waals surface area contributed by atoms with Crippen LogP contribution in [-0.2, 0) is 4.79 Å². The SMILES string of the molecule is C/C(=N/NC(=O)CNc1ccccc1)c1ccc2c(c1)OCCCO2. The predicted molar refractivity (Wildman–Crippen MR) is 97.3 cm³/mol. The predicted octanol–water partition coefficient (Wildman–Crippen LogP) is 2.80. The zero-order chi connectivity index (χ0) is 17.5. The van der Waals surface area contributed by atoms with Crippen LogP contribution in [0.5, 0.6) is 11.5 Å². The van der Waals surface area contributed by atoms with E-state index in [1.54, 1.807) is 0 Å². The van der Waals surface area contributed by atoms with E-state index >= 15 is 0 Å². The van der Waals surface area contributed by atoms with E-state index < -0.39 is 0 Å². The molecule has 2 N–H and O–H groups in total. The number of nitrogens with one attached hydrogen (secondary N) is 2. The van der Waals surface area contributed by atoms with Gasteiger partial charge in [0.25, 0.3) is 5.91 Å². The molecular formula is C19H21N3O3. The number of rotatable bonds is 5. The first-order valence-corrected chi connectivity index (χ1v) is 8.24. The molecule has 0 unspecified atom stereocenters. The number of amides is 1. The molecule has 0 aliphatic carbocycles. The lowest BCUT2D eigenvalue weighted by atomic mass is 10.1. The second kappa shape index (κ2) is 8.19. The Kier molecular flexibility index (Phi) is 5.51. The Morgan fingerprint density at radius 1 is 1.08 bits per heavy atom. The number of hydrogen-bond donors (Lipinski definition) is 2. The van der Waals surface area contributed by atoms with Gasteiger partial charge in [-0.05, 0) is 37.3 Å². The molecule has 0 radical (unpaired) electrons. The Morgan fingerprint density at radius 3 is 2.64 bits per heavy atom. The fourth-order valence-electron chi connectivity index (χ4n) is 2.38. The van der Waals surface area contributed by atoms with E-state index in [4.69, 9.17) is 9.47 Å². The summed E-state index contributed by atoms with van der Waals surface area (Å²) in [6, 6.07) is 15.2. The van der Waals surface area contributed by atoms with Crippen LogP contribution in [0.15, 0.2) is 53.6 Å². The largest absolute Gasteiger partial charge is 0.490 e. The number of para-hydroxylation sites is 1. The average molecular weight is 339 g/mol. The molecule has 2 aromatic rings. The topological polar surface area (TPSA) is 72.0 Å². The van der Waals surface area contributed by atoms with Crippen molar-refractivity contribution in [2.75, 3.05) is 25.1 Å². The van der Waals surface area contributed by atoms with E-state index in [-0.39, 0.29) is 12.5 Å². The monoisotopic (exact) mass is 339 g/mol.